The summed E-state index contributed by atoms with van der Waals surface area (Å²) in [7, 11) is 0. The van der Waals surface area contributed by atoms with Gasteiger partial charge in [0.1, 0.15) is 0 Å². The van der Waals surface area contributed by atoms with E-state index in [1.807, 2.05) is 0 Å². The van der Waals surface area contributed by atoms with Crippen LogP contribution in [0.5, 0.6) is 0 Å². The SMILES string of the molecule is CCC/C(C)=C\CC[C@H](C)CCO. The average molecular weight is 184 g/mol. The second kappa shape index (κ2) is 8.31. The number of hydrogen-bond acceptors (Lipinski definition) is 1. The van der Waals surface area contributed by atoms with Crippen molar-refractivity contribution in [2.75, 3.05) is 6.61 Å². The van der Waals surface area contributed by atoms with E-state index in [4.69, 9.17) is 5.11 Å². The van der Waals surface area contributed by atoms with Gasteiger partial charge in [0.15, 0.2) is 0 Å². The number of aliphatic hydroxyl groups excluding tert-OH is 1. The molecule has 0 radical (unpaired) electrons. The molecule has 1 atom stereocenters. The lowest BCUT2D eigenvalue weighted by Crippen LogP contribution is -1.97. The molecule has 0 aliphatic heterocycles. The van der Waals surface area contributed by atoms with Gasteiger partial charge in [-0.1, -0.05) is 31.9 Å². The molecule has 0 spiro atoms. The number of aliphatic hydroxyl groups is 1. The van der Waals surface area contributed by atoms with E-state index in [1.54, 1.807) is 0 Å². The number of allylic oxidation sites excluding steroid dienone is 2. The fraction of sp³-hybridized carbons (Fsp3) is 0.833. The third kappa shape index (κ3) is 8.04. The Morgan fingerprint density at radius 3 is 2.62 bits per heavy atom. The van der Waals surface area contributed by atoms with Crippen LogP contribution in [0.25, 0.3) is 0 Å². The van der Waals surface area contributed by atoms with E-state index in [0.717, 1.165) is 6.42 Å². The van der Waals surface area contributed by atoms with E-state index < -0.39 is 0 Å². The third-order valence-corrected chi connectivity index (χ3v) is 2.42. The molecule has 0 aliphatic carbocycles. The van der Waals surface area contributed by atoms with Gasteiger partial charge in [-0.05, 0) is 38.5 Å². The third-order valence-electron chi connectivity index (χ3n) is 2.42. The van der Waals surface area contributed by atoms with Crippen LogP contribution in [0, 0.1) is 5.92 Å². The maximum absolute atomic E-state index is 8.71. The molecule has 0 aromatic rings. The first-order chi connectivity index (χ1) is 6.20. The lowest BCUT2D eigenvalue weighted by atomic mass is 10.0. The van der Waals surface area contributed by atoms with Crippen LogP contribution in [-0.4, -0.2) is 11.7 Å². The summed E-state index contributed by atoms with van der Waals surface area (Å²) in [6, 6.07) is 0. The van der Waals surface area contributed by atoms with Crippen molar-refractivity contribution in [1.29, 1.82) is 0 Å². The van der Waals surface area contributed by atoms with E-state index in [9.17, 15) is 0 Å². The molecule has 0 unspecified atom stereocenters. The van der Waals surface area contributed by atoms with Gasteiger partial charge in [0, 0.05) is 6.61 Å². The normalized spacial score (nSPS) is 14.6. The molecule has 1 N–H and O–H groups in total. The van der Waals surface area contributed by atoms with Crippen LogP contribution in [0.1, 0.15) is 52.9 Å². The van der Waals surface area contributed by atoms with E-state index in [2.05, 4.69) is 26.8 Å². The van der Waals surface area contributed by atoms with Crippen molar-refractivity contribution in [2.45, 2.75) is 52.9 Å². The molecule has 0 saturated heterocycles. The lowest BCUT2D eigenvalue weighted by molar-refractivity contribution is 0.259. The summed E-state index contributed by atoms with van der Waals surface area (Å²) in [5.74, 6) is 0.663. The van der Waals surface area contributed by atoms with Crippen LogP contribution >= 0.6 is 0 Å². The smallest absolute Gasteiger partial charge is 0.0433 e. The van der Waals surface area contributed by atoms with Gasteiger partial charge < -0.3 is 5.11 Å². The second-order valence-electron chi connectivity index (χ2n) is 4.00. The summed E-state index contributed by atoms with van der Waals surface area (Å²) in [6.45, 7) is 6.96. The molecule has 0 saturated carbocycles. The van der Waals surface area contributed by atoms with Crippen molar-refractivity contribution in [3.8, 4) is 0 Å². The summed E-state index contributed by atoms with van der Waals surface area (Å²) >= 11 is 0. The average Bonchev–Trinajstić information content (AvgIpc) is 2.05. The maximum atomic E-state index is 8.71. The van der Waals surface area contributed by atoms with E-state index in [0.29, 0.717) is 12.5 Å². The molecular formula is C12H24O. The summed E-state index contributed by atoms with van der Waals surface area (Å²) in [5.41, 5.74) is 1.51. The molecular weight excluding hydrogens is 160 g/mol. The minimum atomic E-state index is 0.332. The van der Waals surface area contributed by atoms with Gasteiger partial charge in [-0.15, -0.1) is 0 Å². The van der Waals surface area contributed by atoms with Gasteiger partial charge in [0.05, 0.1) is 0 Å². The molecule has 0 aromatic carbocycles. The zero-order valence-corrected chi connectivity index (χ0v) is 9.34. The highest BCUT2D eigenvalue weighted by molar-refractivity contribution is 4.97. The number of hydrogen-bond donors (Lipinski definition) is 1. The van der Waals surface area contributed by atoms with Crippen molar-refractivity contribution in [3.05, 3.63) is 11.6 Å². The van der Waals surface area contributed by atoms with Gasteiger partial charge in [-0.25, -0.2) is 0 Å². The Balaban J connectivity index is 3.47. The maximum Gasteiger partial charge on any atom is 0.0433 e. The predicted octanol–water partition coefficient (Wildman–Crippen LogP) is 3.53. The molecule has 1 heteroatoms. The zero-order valence-electron chi connectivity index (χ0n) is 9.34. The van der Waals surface area contributed by atoms with Crippen LogP contribution in [0.2, 0.25) is 0 Å². The highest BCUT2D eigenvalue weighted by atomic mass is 16.2. The van der Waals surface area contributed by atoms with E-state index >= 15 is 0 Å². The van der Waals surface area contributed by atoms with Crippen LogP contribution in [0.15, 0.2) is 11.6 Å². The summed E-state index contributed by atoms with van der Waals surface area (Å²) in [4.78, 5) is 0. The predicted molar refractivity (Wildman–Crippen MR) is 58.8 cm³/mol. The Labute approximate surface area is 82.9 Å². The molecule has 0 bridgehead atoms. The minimum absolute atomic E-state index is 0.332. The van der Waals surface area contributed by atoms with Gasteiger partial charge in [-0.3, -0.25) is 0 Å². The zero-order chi connectivity index (χ0) is 10.1. The van der Waals surface area contributed by atoms with Crippen LogP contribution < -0.4 is 0 Å². The summed E-state index contributed by atoms with van der Waals surface area (Å²) < 4.78 is 0. The molecule has 0 rings (SSSR count). The first-order valence-corrected chi connectivity index (χ1v) is 5.47. The monoisotopic (exact) mass is 184 g/mol. The molecule has 1 nitrogen and oxygen atoms in total. The number of rotatable bonds is 7. The first-order valence-electron chi connectivity index (χ1n) is 5.47. The quantitative estimate of drug-likeness (QED) is 0.600. The molecule has 13 heavy (non-hydrogen) atoms. The molecule has 78 valence electrons. The largest absolute Gasteiger partial charge is 0.396 e. The fourth-order valence-corrected chi connectivity index (χ4v) is 1.48. The van der Waals surface area contributed by atoms with Crippen molar-refractivity contribution in [3.63, 3.8) is 0 Å². The Bertz CT molecular complexity index is 138. The molecule has 0 aliphatic rings. The van der Waals surface area contributed by atoms with Crippen LogP contribution in [-0.2, 0) is 0 Å². The van der Waals surface area contributed by atoms with Gasteiger partial charge in [0.2, 0.25) is 0 Å². The Kier molecular flexibility index (Phi) is 8.11. The fourth-order valence-electron chi connectivity index (χ4n) is 1.48. The highest BCUT2D eigenvalue weighted by Gasteiger charge is 1.98. The first kappa shape index (κ1) is 12.7. The molecule has 0 aromatic heterocycles. The second-order valence-corrected chi connectivity index (χ2v) is 4.00. The van der Waals surface area contributed by atoms with Crippen LogP contribution in [0.3, 0.4) is 0 Å². The van der Waals surface area contributed by atoms with Crippen molar-refractivity contribution in [2.24, 2.45) is 5.92 Å². The Hall–Kier alpha value is -0.300. The van der Waals surface area contributed by atoms with Crippen LogP contribution in [0.4, 0.5) is 0 Å². The van der Waals surface area contributed by atoms with Crippen molar-refractivity contribution in [1.82, 2.24) is 0 Å². The standard InChI is InChI=1S/C12H24O/c1-4-6-11(2)7-5-8-12(3)9-10-13/h7,12-13H,4-6,8-10H2,1-3H3/b11-7-/t12-/m0/s1. The van der Waals surface area contributed by atoms with E-state index in [-0.39, 0.29) is 0 Å². The summed E-state index contributed by atoms with van der Waals surface area (Å²) in [5, 5.41) is 8.71. The molecule has 0 heterocycles. The van der Waals surface area contributed by atoms with Gasteiger partial charge in [0.25, 0.3) is 0 Å². The van der Waals surface area contributed by atoms with Gasteiger partial charge >= 0.3 is 0 Å². The van der Waals surface area contributed by atoms with E-state index in [1.165, 1.54) is 31.3 Å². The minimum Gasteiger partial charge on any atom is -0.396 e. The highest BCUT2D eigenvalue weighted by Crippen LogP contribution is 2.12. The molecule has 0 fully saturated rings. The summed E-state index contributed by atoms with van der Waals surface area (Å²) in [6.07, 6.45) is 8.15. The topological polar surface area (TPSA) is 20.2 Å². The lowest BCUT2D eigenvalue weighted by Gasteiger charge is -2.07. The Morgan fingerprint density at radius 2 is 2.08 bits per heavy atom. The van der Waals surface area contributed by atoms with Gasteiger partial charge in [-0.2, -0.15) is 0 Å². The van der Waals surface area contributed by atoms with Crippen molar-refractivity contribution < 1.29 is 5.11 Å². The Morgan fingerprint density at radius 1 is 1.38 bits per heavy atom. The molecule has 0 amide bonds. The van der Waals surface area contributed by atoms with Crippen molar-refractivity contribution >= 4 is 0 Å².